The molecule has 1 N–H and O–H groups in total. The highest BCUT2D eigenvalue weighted by Gasteiger charge is 2.43. The summed E-state index contributed by atoms with van der Waals surface area (Å²) in [6.45, 7) is 1.19. The SMILES string of the molecule is O=C1c2cc(CNc3ccc4c(c3)OC(F)(F)O4)nn2CCN1c1ccc(F)cc1. The van der Waals surface area contributed by atoms with Crippen LogP contribution in [0.1, 0.15) is 16.2 Å². The number of nitrogens with zero attached hydrogens (tertiary/aromatic N) is 3. The van der Waals surface area contributed by atoms with Crippen molar-refractivity contribution in [1.82, 2.24) is 9.78 Å². The van der Waals surface area contributed by atoms with Gasteiger partial charge in [0.15, 0.2) is 11.5 Å². The van der Waals surface area contributed by atoms with Crippen LogP contribution < -0.4 is 19.7 Å². The minimum Gasteiger partial charge on any atom is -0.395 e. The molecule has 10 heteroatoms. The number of alkyl halides is 2. The third-order valence-corrected chi connectivity index (χ3v) is 4.84. The Kier molecular flexibility index (Phi) is 4.09. The van der Waals surface area contributed by atoms with Crippen molar-refractivity contribution >= 4 is 17.3 Å². The molecule has 3 aromatic rings. The molecule has 3 heterocycles. The van der Waals surface area contributed by atoms with Gasteiger partial charge >= 0.3 is 6.29 Å². The van der Waals surface area contributed by atoms with E-state index in [0.717, 1.165) is 0 Å². The second-order valence-electron chi connectivity index (χ2n) is 6.86. The minimum atomic E-state index is -3.67. The smallest absolute Gasteiger partial charge is 0.395 e. The van der Waals surface area contributed by atoms with Crippen molar-refractivity contribution < 1.29 is 27.4 Å². The van der Waals surface area contributed by atoms with Crippen LogP contribution >= 0.6 is 0 Å². The van der Waals surface area contributed by atoms with Crippen molar-refractivity contribution in [1.29, 1.82) is 0 Å². The quantitative estimate of drug-likeness (QED) is 0.704. The van der Waals surface area contributed by atoms with Gasteiger partial charge in [-0.05, 0) is 42.5 Å². The fraction of sp³-hybridized carbons (Fsp3) is 0.200. The molecule has 0 saturated carbocycles. The van der Waals surface area contributed by atoms with Gasteiger partial charge in [0, 0.05) is 24.0 Å². The topological polar surface area (TPSA) is 68.6 Å². The highest BCUT2D eigenvalue weighted by Crippen LogP contribution is 2.42. The molecule has 0 spiro atoms. The van der Waals surface area contributed by atoms with Gasteiger partial charge in [-0.1, -0.05) is 0 Å². The van der Waals surface area contributed by atoms with E-state index in [1.165, 1.54) is 24.3 Å². The van der Waals surface area contributed by atoms with Crippen LogP contribution in [0.25, 0.3) is 0 Å². The molecule has 1 amide bonds. The summed E-state index contributed by atoms with van der Waals surface area (Å²) in [4.78, 5) is 14.4. The van der Waals surface area contributed by atoms with E-state index in [2.05, 4.69) is 19.9 Å². The van der Waals surface area contributed by atoms with Gasteiger partial charge < -0.3 is 19.7 Å². The molecular weight excluding hydrogens is 401 g/mol. The lowest BCUT2D eigenvalue weighted by Gasteiger charge is -2.27. The fourth-order valence-electron chi connectivity index (χ4n) is 3.45. The molecule has 0 bridgehead atoms. The van der Waals surface area contributed by atoms with Crippen LogP contribution in [-0.4, -0.2) is 28.5 Å². The number of aromatic nitrogens is 2. The second-order valence-corrected chi connectivity index (χ2v) is 6.86. The Morgan fingerprint density at radius 2 is 1.80 bits per heavy atom. The lowest BCUT2D eigenvalue weighted by molar-refractivity contribution is -0.286. The third kappa shape index (κ3) is 3.30. The molecule has 7 nitrogen and oxygen atoms in total. The molecule has 2 aromatic carbocycles. The summed E-state index contributed by atoms with van der Waals surface area (Å²) in [5, 5.41) is 7.49. The zero-order valence-electron chi connectivity index (χ0n) is 15.4. The maximum absolute atomic E-state index is 13.2. The Morgan fingerprint density at radius 1 is 1.03 bits per heavy atom. The molecule has 2 aliphatic heterocycles. The van der Waals surface area contributed by atoms with Crippen LogP contribution in [0, 0.1) is 5.82 Å². The molecule has 0 fully saturated rings. The summed E-state index contributed by atoms with van der Waals surface area (Å²) in [6.07, 6.45) is -3.67. The number of rotatable bonds is 4. The molecule has 0 radical (unpaired) electrons. The van der Waals surface area contributed by atoms with Crippen LogP contribution in [0.2, 0.25) is 0 Å². The van der Waals surface area contributed by atoms with Gasteiger partial charge in [0.05, 0.1) is 18.8 Å². The van der Waals surface area contributed by atoms with Gasteiger partial charge in [-0.3, -0.25) is 9.48 Å². The molecular formula is C20H15F3N4O3. The standard InChI is InChI=1S/C20H15F3N4O3/c21-12-1-4-15(5-2-12)26-7-8-27-16(19(26)28)9-14(25-27)11-24-13-3-6-17-18(10-13)30-20(22,23)29-17/h1-6,9-10,24H,7-8,11H2. The number of benzene rings is 2. The van der Waals surface area contributed by atoms with Crippen molar-refractivity contribution in [3.05, 3.63) is 65.7 Å². The first-order valence-electron chi connectivity index (χ1n) is 9.16. The predicted molar refractivity (Wildman–Crippen MR) is 100 cm³/mol. The fourth-order valence-corrected chi connectivity index (χ4v) is 3.45. The van der Waals surface area contributed by atoms with Crippen molar-refractivity contribution in [2.45, 2.75) is 19.4 Å². The monoisotopic (exact) mass is 416 g/mol. The first kappa shape index (κ1) is 18.3. The van der Waals surface area contributed by atoms with Crippen LogP contribution in [0.4, 0.5) is 24.5 Å². The summed E-state index contributed by atoms with van der Waals surface area (Å²) >= 11 is 0. The van der Waals surface area contributed by atoms with Gasteiger partial charge in [-0.2, -0.15) is 5.10 Å². The summed E-state index contributed by atoms with van der Waals surface area (Å²) < 4.78 is 49.8. The number of anilines is 2. The number of amides is 1. The third-order valence-electron chi connectivity index (χ3n) is 4.84. The molecule has 30 heavy (non-hydrogen) atoms. The van der Waals surface area contributed by atoms with E-state index < -0.39 is 6.29 Å². The minimum absolute atomic E-state index is 0.0329. The van der Waals surface area contributed by atoms with Gasteiger partial charge in [0.25, 0.3) is 5.91 Å². The van der Waals surface area contributed by atoms with E-state index in [1.807, 2.05) is 0 Å². The van der Waals surface area contributed by atoms with Crippen LogP contribution in [-0.2, 0) is 13.1 Å². The Hall–Kier alpha value is -3.69. The highest BCUT2D eigenvalue weighted by molar-refractivity contribution is 6.05. The van der Waals surface area contributed by atoms with E-state index in [4.69, 9.17) is 0 Å². The number of carbonyl (C=O) groups excluding carboxylic acids is 1. The number of hydrogen-bond acceptors (Lipinski definition) is 5. The molecule has 0 saturated heterocycles. The Balaban J connectivity index is 1.29. The first-order valence-corrected chi connectivity index (χ1v) is 9.16. The second kappa shape index (κ2) is 6.68. The summed E-state index contributed by atoms with van der Waals surface area (Å²) in [7, 11) is 0. The molecule has 0 atom stereocenters. The van der Waals surface area contributed by atoms with Gasteiger partial charge in [0.1, 0.15) is 11.5 Å². The average molecular weight is 416 g/mol. The highest BCUT2D eigenvalue weighted by atomic mass is 19.3. The average Bonchev–Trinajstić information content (AvgIpc) is 3.26. The van der Waals surface area contributed by atoms with E-state index in [0.29, 0.717) is 35.9 Å². The zero-order chi connectivity index (χ0) is 20.9. The van der Waals surface area contributed by atoms with Gasteiger partial charge in [0.2, 0.25) is 0 Å². The van der Waals surface area contributed by atoms with Crippen LogP contribution in [0.15, 0.2) is 48.5 Å². The number of hydrogen-bond donors (Lipinski definition) is 1. The number of ether oxygens (including phenoxy) is 2. The summed E-state index contributed by atoms with van der Waals surface area (Å²) in [6, 6.07) is 11.8. The zero-order valence-corrected chi connectivity index (χ0v) is 15.4. The largest absolute Gasteiger partial charge is 0.586 e. The summed E-state index contributed by atoms with van der Waals surface area (Å²) in [5.74, 6) is -0.681. The Labute approximate surface area is 168 Å². The predicted octanol–water partition coefficient (Wildman–Crippen LogP) is 3.62. The molecule has 0 unspecified atom stereocenters. The van der Waals surface area contributed by atoms with Crippen molar-refractivity contribution in [2.75, 3.05) is 16.8 Å². The molecule has 154 valence electrons. The van der Waals surface area contributed by atoms with Crippen molar-refractivity contribution in [3.63, 3.8) is 0 Å². The Bertz CT molecular complexity index is 1130. The van der Waals surface area contributed by atoms with Crippen LogP contribution in [0.3, 0.4) is 0 Å². The number of halogens is 3. The van der Waals surface area contributed by atoms with Gasteiger partial charge in [-0.25, -0.2) is 4.39 Å². The molecule has 0 aliphatic carbocycles. The molecule has 5 rings (SSSR count). The van der Waals surface area contributed by atoms with Crippen molar-refractivity contribution in [3.8, 4) is 11.5 Å². The van der Waals surface area contributed by atoms with E-state index in [-0.39, 0.29) is 29.8 Å². The molecule has 1 aromatic heterocycles. The lowest BCUT2D eigenvalue weighted by atomic mass is 10.2. The van der Waals surface area contributed by atoms with Gasteiger partial charge in [-0.15, -0.1) is 8.78 Å². The van der Waals surface area contributed by atoms with Crippen LogP contribution in [0.5, 0.6) is 11.5 Å². The normalized spacial score (nSPS) is 16.5. The van der Waals surface area contributed by atoms with E-state index in [9.17, 15) is 18.0 Å². The summed E-state index contributed by atoms with van der Waals surface area (Å²) in [5.41, 5.74) is 2.20. The van der Waals surface area contributed by atoms with Crippen molar-refractivity contribution in [2.24, 2.45) is 0 Å². The van der Waals surface area contributed by atoms with E-state index >= 15 is 0 Å². The Morgan fingerprint density at radius 3 is 2.60 bits per heavy atom. The first-order chi connectivity index (χ1) is 14.4. The number of carbonyl (C=O) groups is 1. The molecule has 2 aliphatic rings. The lowest BCUT2D eigenvalue weighted by Crippen LogP contribution is -2.40. The number of fused-ring (bicyclic) bond motifs is 2. The maximum Gasteiger partial charge on any atom is 0.586 e. The number of nitrogens with one attached hydrogen (secondary N) is 1. The van der Waals surface area contributed by atoms with E-state index in [1.54, 1.807) is 33.8 Å². The maximum atomic E-state index is 13.2.